The second-order valence-electron chi connectivity index (χ2n) is 4.96. The highest BCUT2D eigenvalue weighted by molar-refractivity contribution is 5.99. The monoisotopic (exact) mass is 294 g/mol. The molecular formula is C13H18N4O4. The molecule has 0 saturated carbocycles. The molecule has 0 bridgehead atoms. The quantitative estimate of drug-likeness (QED) is 0.430. The number of piperidine rings is 1. The second kappa shape index (κ2) is 6.51. The molecule has 1 amide bonds. The summed E-state index contributed by atoms with van der Waals surface area (Å²) < 4.78 is 0. The summed E-state index contributed by atoms with van der Waals surface area (Å²) in [5.74, 6) is 4.85. The number of nitrogen functional groups attached to an aromatic ring is 1. The molecule has 1 aliphatic rings. The minimum absolute atomic E-state index is 0.0178. The van der Waals surface area contributed by atoms with Gasteiger partial charge in [-0.1, -0.05) is 0 Å². The summed E-state index contributed by atoms with van der Waals surface area (Å²) in [7, 11) is 0. The molecular weight excluding hydrogens is 276 g/mol. The molecule has 1 fully saturated rings. The Kier molecular flexibility index (Phi) is 4.71. The molecule has 114 valence electrons. The molecule has 1 atom stereocenters. The molecule has 21 heavy (non-hydrogen) atoms. The summed E-state index contributed by atoms with van der Waals surface area (Å²) in [5.41, 5.74) is 2.51. The number of rotatable bonds is 4. The Balaban J connectivity index is 2.38. The van der Waals surface area contributed by atoms with Crippen LogP contribution in [0.2, 0.25) is 0 Å². The summed E-state index contributed by atoms with van der Waals surface area (Å²) in [6.07, 6.45) is 2.46. The van der Waals surface area contributed by atoms with E-state index in [4.69, 9.17) is 5.84 Å². The molecule has 8 nitrogen and oxygen atoms in total. The number of carbonyl (C=O) groups is 1. The van der Waals surface area contributed by atoms with Gasteiger partial charge in [-0.25, -0.2) is 0 Å². The molecule has 2 rings (SSSR count). The van der Waals surface area contributed by atoms with Gasteiger partial charge in [0, 0.05) is 18.3 Å². The van der Waals surface area contributed by atoms with Crippen LogP contribution >= 0.6 is 0 Å². The van der Waals surface area contributed by atoms with Gasteiger partial charge in [0.15, 0.2) is 0 Å². The van der Waals surface area contributed by atoms with Crippen LogP contribution in [0.1, 0.15) is 29.6 Å². The van der Waals surface area contributed by atoms with Crippen molar-refractivity contribution >= 4 is 17.3 Å². The molecule has 1 aromatic carbocycles. The number of aliphatic hydroxyl groups excluding tert-OH is 1. The SMILES string of the molecule is NNc1ccc([N+](=O)[O-])c(C(=O)N2CCCCC2CO)c1. The van der Waals surface area contributed by atoms with E-state index in [-0.39, 0.29) is 23.9 Å². The first-order valence-electron chi connectivity index (χ1n) is 6.75. The van der Waals surface area contributed by atoms with E-state index >= 15 is 0 Å². The van der Waals surface area contributed by atoms with Gasteiger partial charge in [0.2, 0.25) is 0 Å². The van der Waals surface area contributed by atoms with E-state index in [1.165, 1.54) is 23.1 Å². The third-order valence-electron chi connectivity index (χ3n) is 3.69. The van der Waals surface area contributed by atoms with E-state index in [2.05, 4.69) is 5.43 Å². The number of nitrogens with zero attached hydrogens (tertiary/aromatic N) is 2. The third kappa shape index (κ3) is 3.11. The number of benzene rings is 1. The van der Waals surface area contributed by atoms with Crippen LogP contribution in [0.5, 0.6) is 0 Å². The van der Waals surface area contributed by atoms with Crippen molar-refractivity contribution in [3.05, 3.63) is 33.9 Å². The van der Waals surface area contributed by atoms with Gasteiger partial charge >= 0.3 is 0 Å². The molecule has 1 aromatic rings. The van der Waals surface area contributed by atoms with E-state index in [1.807, 2.05) is 0 Å². The second-order valence-corrected chi connectivity index (χ2v) is 4.96. The predicted octanol–water partition coefficient (Wildman–Crippen LogP) is 0.867. The number of amides is 1. The number of hydrogen-bond acceptors (Lipinski definition) is 6. The maximum atomic E-state index is 12.6. The van der Waals surface area contributed by atoms with E-state index in [9.17, 15) is 20.0 Å². The van der Waals surface area contributed by atoms with Gasteiger partial charge in [0.05, 0.1) is 17.6 Å². The van der Waals surface area contributed by atoms with E-state index in [0.29, 0.717) is 18.7 Å². The van der Waals surface area contributed by atoms with Crippen molar-refractivity contribution in [1.82, 2.24) is 4.90 Å². The summed E-state index contributed by atoms with van der Waals surface area (Å²) in [4.78, 5) is 24.6. The van der Waals surface area contributed by atoms with Crippen LogP contribution in [-0.2, 0) is 0 Å². The van der Waals surface area contributed by atoms with Crippen molar-refractivity contribution in [3.8, 4) is 0 Å². The molecule has 1 heterocycles. The number of carbonyl (C=O) groups excluding carboxylic acids is 1. The fourth-order valence-electron chi connectivity index (χ4n) is 2.57. The smallest absolute Gasteiger partial charge is 0.282 e. The van der Waals surface area contributed by atoms with Gasteiger partial charge in [-0.2, -0.15) is 0 Å². The molecule has 1 saturated heterocycles. The summed E-state index contributed by atoms with van der Waals surface area (Å²) >= 11 is 0. The first-order chi connectivity index (χ1) is 10.1. The Bertz CT molecular complexity index is 549. The fourth-order valence-corrected chi connectivity index (χ4v) is 2.57. The van der Waals surface area contributed by atoms with Crippen LogP contribution in [0.3, 0.4) is 0 Å². The van der Waals surface area contributed by atoms with Gasteiger partial charge in [-0.15, -0.1) is 0 Å². The van der Waals surface area contributed by atoms with Crippen molar-refractivity contribution in [2.75, 3.05) is 18.6 Å². The molecule has 0 aromatic heterocycles. The number of anilines is 1. The van der Waals surface area contributed by atoms with E-state index < -0.39 is 10.8 Å². The maximum Gasteiger partial charge on any atom is 0.282 e. The zero-order valence-electron chi connectivity index (χ0n) is 11.5. The van der Waals surface area contributed by atoms with Crippen molar-refractivity contribution in [3.63, 3.8) is 0 Å². The molecule has 0 radical (unpaired) electrons. The lowest BCUT2D eigenvalue weighted by molar-refractivity contribution is -0.385. The van der Waals surface area contributed by atoms with Crippen LogP contribution in [-0.4, -0.2) is 40.0 Å². The average molecular weight is 294 g/mol. The van der Waals surface area contributed by atoms with Gasteiger partial charge in [0.1, 0.15) is 5.56 Å². The number of nitrogens with one attached hydrogen (secondary N) is 1. The molecule has 8 heteroatoms. The Labute approximate surface area is 121 Å². The van der Waals surface area contributed by atoms with Crippen LogP contribution in [0, 0.1) is 10.1 Å². The minimum Gasteiger partial charge on any atom is -0.394 e. The summed E-state index contributed by atoms with van der Waals surface area (Å²) in [6, 6.07) is 3.76. The number of aliphatic hydroxyl groups is 1. The van der Waals surface area contributed by atoms with Crippen molar-refractivity contribution in [1.29, 1.82) is 0 Å². The largest absolute Gasteiger partial charge is 0.394 e. The summed E-state index contributed by atoms with van der Waals surface area (Å²) in [6.45, 7) is 0.343. The number of nitro benzene ring substituents is 1. The molecule has 4 N–H and O–H groups in total. The van der Waals surface area contributed by atoms with Gasteiger partial charge in [0.25, 0.3) is 11.6 Å². The van der Waals surface area contributed by atoms with E-state index in [1.54, 1.807) is 0 Å². The predicted molar refractivity (Wildman–Crippen MR) is 76.7 cm³/mol. The third-order valence-corrected chi connectivity index (χ3v) is 3.69. The van der Waals surface area contributed by atoms with Crippen molar-refractivity contribution < 1.29 is 14.8 Å². The topological polar surface area (TPSA) is 122 Å². The highest BCUT2D eigenvalue weighted by atomic mass is 16.6. The average Bonchev–Trinajstić information content (AvgIpc) is 2.53. The number of hydrazine groups is 1. The number of nitro groups is 1. The fraction of sp³-hybridized carbons (Fsp3) is 0.462. The highest BCUT2D eigenvalue weighted by Gasteiger charge is 2.31. The first-order valence-corrected chi connectivity index (χ1v) is 6.75. The lowest BCUT2D eigenvalue weighted by atomic mass is 10.0. The van der Waals surface area contributed by atoms with Crippen molar-refractivity contribution in [2.45, 2.75) is 25.3 Å². The van der Waals surface area contributed by atoms with Crippen LogP contribution in [0.4, 0.5) is 11.4 Å². The van der Waals surface area contributed by atoms with Crippen LogP contribution in [0.25, 0.3) is 0 Å². The molecule has 1 unspecified atom stereocenters. The summed E-state index contributed by atoms with van der Waals surface area (Å²) in [5, 5.41) is 20.5. The lowest BCUT2D eigenvalue weighted by Gasteiger charge is -2.34. The van der Waals surface area contributed by atoms with Gasteiger partial charge in [-0.05, 0) is 31.4 Å². The lowest BCUT2D eigenvalue weighted by Crippen LogP contribution is -2.45. The standard InChI is InChI=1S/C13H18N4O4/c14-15-9-4-5-12(17(20)21)11(7-9)13(19)16-6-2-1-3-10(16)8-18/h4-5,7,10,15,18H,1-3,6,8,14H2. The number of nitrogens with two attached hydrogens (primary N) is 1. The zero-order valence-corrected chi connectivity index (χ0v) is 11.5. The Morgan fingerprint density at radius 2 is 2.29 bits per heavy atom. The van der Waals surface area contributed by atoms with Crippen LogP contribution < -0.4 is 11.3 Å². The first kappa shape index (κ1) is 15.2. The minimum atomic E-state index is -0.592. The van der Waals surface area contributed by atoms with E-state index in [0.717, 1.165) is 12.8 Å². The normalized spacial score (nSPS) is 18.4. The molecule has 1 aliphatic heterocycles. The van der Waals surface area contributed by atoms with Gasteiger partial charge in [-0.3, -0.25) is 20.8 Å². The Morgan fingerprint density at radius 1 is 1.52 bits per heavy atom. The van der Waals surface area contributed by atoms with Crippen LogP contribution in [0.15, 0.2) is 18.2 Å². The highest BCUT2D eigenvalue weighted by Crippen LogP contribution is 2.27. The van der Waals surface area contributed by atoms with Crippen molar-refractivity contribution in [2.24, 2.45) is 5.84 Å². The Hall–Kier alpha value is -2.19. The molecule has 0 aliphatic carbocycles. The zero-order chi connectivity index (χ0) is 15.4. The maximum absolute atomic E-state index is 12.6. The van der Waals surface area contributed by atoms with Gasteiger partial charge < -0.3 is 15.4 Å². The molecule has 0 spiro atoms. The Morgan fingerprint density at radius 3 is 2.90 bits per heavy atom. The number of hydrogen-bond donors (Lipinski definition) is 3. The number of likely N-dealkylation sites (tertiary alicyclic amines) is 1.